The molecule has 0 aromatic heterocycles. The first-order valence-corrected chi connectivity index (χ1v) is 8.11. The Hall–Kier alpha value is -1.84. The largest absolute Gasteiger partial charge is 0.491 e. The van der Waals surface area contributed by atoms with Crippen molar-refractivity contribution in [3.8, 4) is 0 Å². The molecule has 0 saturated heterocycles. The molecule has 2 rings (SSSR count). The van der Waals surface area contributed by atoms with Crippen molar-refractivity contribution in [2.45, 2.75) is 33.1 Å². The summed E-state index contributed by atoms with van der Waals surface area (Å²) in [6.07, 6.45) is -6.84. The van der Waals surface area contributed by atoms with E-state index in [9.17, 15) is 39.5 Å². The Kier molecular flexibility index (Phi) is 5.29. The molecule has 0 fully saturated rings. The SMILES string of the molecule is FC(F)(F)C(F)(F)C(F)(F)C(F)(F)[S+](c1ccccc1)c1ccccc1. The van der Waals surface area contributed by atoms with Gasteiger partial charge >= 0.3 is 23.3 Å². The Balaban J connectivity index is 2.67. The maximum absolute atomic E-state index is 14.5. The summed E-state index contributed by atoms with van der Waals surface area (Å²) in [5.74, 6) is -13.6. The van der Waals surface area contributed by atoms with Gasteiger partial charge in [0.05, 0.1) is 0 Å². The first kappa shape index (κ1) is 20.5. The molecule has 0 unspecified atom stereocenters. The molecule has 10 heteroatoms. The minimum Gasteiger partial charge on any atom is -0.189 e. The Bertz CT molecular complexity index is 687. The van der Waals surface area contributed by atoms with Gasteiger partial charge in [0.2, 0.25) is 0 Å². The molecule has 26 heavy (non-hydrogen) atoms. The number of halogens is 9. The van der Waals surface area contributed by atoms with Crippen LogP contribution < -0.4 is 0 Å². The normalized spacial score (nSPS) is 13.9. The van der Waals surface area contributed by atoms with E-state index in [2.05, 4.69) is 0 Å². The van der Waals surface area contributed by atoms with E-state index in [1.54, 1.807) is 0 Å². The van der Waals surface area contributed by atoms with Crippen LogP contribution in [0.5, 0.6) is 0 Å². The highest BCUT2D eigenvalue weighted by atomic mass is 32.2. The van der Waals surface area contributed by atoms with Crippen LogP contribution in [0.2, 0.25) is 0 Å². The molecule has 0 saturated carbocycles. The standard InChI is InChI=1S/C16H10F9S/c17-13(18,15(21,22)23)14(19,20)16(24,25)26(11-7-3-1-4-8-11)12-9-5-2-6-10-12/h1-10H/q+1. The summed E-state index contributed by atoms with van der Waals surface area (Å²) >= 11 is 0. The van der Waals surface area contributed by atoms with Crippen molar-refractivity contribution in [3.05, 3.63) is 60.7 Å². The van der Waals surface area contributed by atoms with Crippen LogP contribution in [0.3, 0.4) is 0 Å². The summed E-state index contributed by atoms with van der Waals surface area (Å²) in [6, 6.07) is 11.3. The molecule has 0 spiro atoms. The van der Waals surface area contributed by atoms with E-state index in [0.717, 1.165) is 24.3 Å². The third-order valence-corrected chi connectivity index (χ3v) is 5.59. The summed E-state index contributed by atoms with van der Waals surface area (Å²) in [5, 5.41) is -5.71. The van der Waals surface area contributed by atoms with E-state index in [0.29, 0.717) is 0 Å². The zero-order valence-corrected chi connectivity index (χ0v) is 13.4. The quantitative estimate of drug-likeness (QED) is 0.414. The van der Waals surface area contributed by atoms with Gasteiger partial charge in [-0.05, 0) is 24.3 Å². The Morgan fingerprint density at radius 3 is 1.15 bits per heavy atom. The maximum atomic E-state index is 14.5. The molecular formula is C16H10F9S+. The Morgan fingerprint density at radius 1 is 0.500 bits per heavy atom. The van der Waals surface area contributed by atoms with Crippen LogP contribution >= 0.6 is 0 Å². The third-order valence-electron chi connectivity index (χ3n) is 3.33. The van der Waals surface area contributed by atoms with E-state index in [1.165, 1.54) is 36.4 Å². The second-order valence-corrected chi connectivity index (χ2v) is 7.16. The van der Waals surface area contributed by atoms with Gasteiger partial charge < -0.3 is 0 Å². The number of benzene rings is 2. The summed E-state index contributed by atoms with van der Waals surface area (Å²) in [5.41, 5.74) is 0. The van der Waals surface area contributed by atoms with E-state index < -0.39 is 44.0 Å². The van der Waals surface area contributed by atoms with Gasteiger partial charge in [0.25, 0.3) is 0 Å². The fourth-order valence-corrected chi connectivity index (χ4v) is 4.14. The van der Waals surface area contributed by atoms with E-state index >= 15 is 0 Å². The first-order valence-electron chi connectivity index (χ1n) is 6.88. The second-order valence-electron chi connectivity index (χ2n) is 5.10. The van der Waals surface area contributed by atoms with Gasteiger partial charge in [-0.3, -0.25) is 0 Å². The lowest BCUT2D eigenvalue weighted by atomic mass is 10.1. The van der Waals surface area contributed by atoms with Crippen molar-refractivity contribution < 1.29 is 39.5 Å². The van der Waals surface area contributed by atoms with Gasteiger partial charge in [-0.15, -0.1) is 8.78 Å². The second kappa shape index (κ2) is 6.71. The molecule has 0 heterocycles. The molecule has 0 nitrogen and oxygen atoms in total. The predicted molar refractivity (Wildman–Crippen MR) is 77.7 cm³/mol. The summed E-state index contributed by atoms with van der Waals surface area (Å²) in [4.78, 5) is -0.998. The van der Waals surface area contributed by atoms with Gasteiger partial charge in [0.1, 0.15) is 10.9 Å². The highest BCUT2D eigenvalue weighted by molar-refractivity contribution is 7.98. The molecular weight excluding hydrogens is 395 g/mol. The number of hydrogen-bond donors (Lipinski definition) is 0. The summed E-state index contributed by atoms with van der Waals surface area (Å²) < 4.78 is 120. The van der Waals surface area contributed by atoms with Crippen LogP contribution in [-0.4, -0.2) is 23.3 Å². The summed E-state index contributed by atoms with van der Waals surface area (Å²) in [6.45, 7) is 0. The zero-order valence-electron chi connectivity index (χ0n) is 12.6. The van der Waals surface area contributed by atoms with Crippen molar-refractivity contribution in [1.82, 2.24) is 0 Å². The lowest BCUT2D eigenvalue weighted by Crippen LogP contribution is -2.63. The molecule has 2 aromatic carbocycles. The average molecular weight is 405 g/mol. The predicted octanol–water partition coefficient (Wildman–Crippen LogP) is 6.15. The van der Waals surface area contributed by atoms with E-state index in [1.807, 2.05) is 0 Å². The lowest BCUT2D eigenvalue weighted by molar-refractivity contribution is -0.381. The van der Waals surface area contributed by atoms with Gasteiger partial charge in [0, 0.05) is 0 Å². The Labute approximate surface area is 145 Å². The van der Waals surface area contributed by atoms with Crippen LogP contribution in [0.1, 0.15) is 0 Å². The molecule has 0 amide bonds. The van der Waals surface area contributed by atoms with Crippen molar-refractivity contribution in [1.29, 1.82) is 0 Å². The topological polar surface area (TPSA) is 0 Å². The number of hydrogen-bond acceptors (Lipinski definition) is 0. The van der Waals surface area contributed by atoms with Crippen LogP contribution in [0.25, 0.3) is 0 Å². The smallest absolute Gasteiger partial charge is 0.189 e. The molecule has 0 aliphatic heterocycles. The van der Waals surface area contributed by atoms with Crippen molar-refractivity contribution in [2.75, 3.05) is 0 Å². The highest BCUT2D eigenvalue weighted by Crippen LogP contribution is 2.57. The highest BCUT2D eigenvalue weighted by Gasteiger charge is 2.88. The van der Waals surface area contributed by atoms with Crippen molar-refractivity contribution >= 4 is 10.9 Å². The van der Waals surface area contributed by atoms with Crippen LogP contribution in [-0.2, 0) is 10.9 Å². The van der Waals surface area contributed by atoms with E-state index in [4.69, 9.17) is 0 Å². The van der Waals surface area contributed by atoms with Gasteiger partial charge in [-0.1, -0.05) is 36.4 Å². The molecule has 0 aliphatic rings. The first-order chi connectivity index (χ1) is 11.8. The molecule has 0 atom stereocenters. The number of rotatable bonds is 5. The van der Waals surface area contributed by atoms with Gasteiger partial charge in [-0.25, -0.2) is 0 Å². The lowest BCUT2D eigenvalue weighted by Gasteiger charge is -2.32. The average Bonchev–Trinajstić information content (AvgIpc) is 2.55. The Morgan fingerprint density at radius 2 is 0.846 bits per heavy atom. The van der Waals surface area contributed by atoms with Gasteiger partial charge in [0.15, 0.2) is 9.79 Å². The molecule has 0 radical (unpaired) electrons. The molecule has 0 N–H and O–H groups in total. The van der Waals surface area contributed by atoms with Crippen LogP contribution in [0.4, 0.5) is 39.5 Å². The van der Waals surface area contributed by atoms with E-state index in [-0.39, 0.29) is 0 Å². The molecule has 2 aromatic rings. The number of alkyl halides is 9. The summed E-state index contributed by atoms with van der Waals surface area (Å²) in [7, 11) is -3.08. The van der Waals surface area contributed by atoms with Crippen LogP contribution in [0.15, 0.2) is 70.5 Å². The fourth-order valence-electron chi connectivity index (χ4n) is 2.03. The van der Waals surface area contributed by atoms with Crippen molar-refractivity contribution in [2.24, 2.45) is 0 Å². The fraction of sp³-hybridized carbons (Fsp3) is 0.250. The zero-order chi connectivity index (χ0) is 19.8. The maximum Gasteiger partial charge on any atom is 0.491 e. The minimum absolute atomic E-state index is 0.499. The van der Waals surface area contributed by atoms with Crippen LogP contribution in [0, 0.1) is 0 Å². The third kappa shape index (κ3) is 3.26. The minimum atomic E-state index is -6.92. The molecule has 142 valence electrons. The van der Waals surface area contributed by atoms with Gasteiger partial charge in [-0.2, -0.15) is 30.7 Å². The molecule has 0 aliphatic carbocycles. The monoisotopic (exact) mass is 405 g/mol. The molecule has 0 bridgehead atoms. The van der Waals surface area contributed by atoms with Crippen molar-refractivity contribution in [3.63, 3.8) is 0 Å².